The quantitative estimate of drug-likeness (QED) is 0.480. The van der Waals surface area contributed by atoms with Crippen LogP contribution < -0.4 is 5.73 Å². The number of aryl methyl sites for hydroxylation is 1. The van der Waals surface area contributed by atoms with E-state index in [0.717, 1.165) is 18.5 Å². The van der Waals surface area contributed by atoms with E-state index in [1.165, 1.54) is 0 Å². The van der Waals surface area contributed by atoms with Gasteiger partial charge < -0.3 is 15.4 Å². The molecule has 0 saturated carbocycles. The lowest BCUT2D eigenvalue weighted by Crippen LogP contribution is -2.16. The number of para-hydroxylation sites is 1. The number of ether oxygens (including phenoxy) is 1. The number of nitrogens with zero attached hydrogens (tertiary/aromatic N) is 1. The first-order chi connectivity index (χ1) is 8.02. The Balaban J connectivity index is 2.50. The summed E-state index contributed by atoms with van der Waals surface area (Å²) in [6.45, 7) is 3.19. The summed E-state index contributed by atoms with van der Waals surface area (Å²) >= 11 is 0. The van der Waals surface area contributed by atoms with E-state index < -0.39 is 0 Å². The van der Waals surface area contributed by atoms with Crippen molar-refractivity contribution in [1.29, 1.82) is 0 Å². The first-order valence-electron chi connectivity index (χ1n) is 5.69. The number of benzene rings is 1. The van der Waals surface area contributed by atoms with E-state index in [4.69, 9.17) is 10.5 Å². The molecule has 0 saturated heterocycles. The third-order valence-electron chi connectivity index (χ3n) is 2.53. The van der Waals surface area contributed by atoms with Crippen LogP contribution in [-0.2, 0) is 4.74 Å². The van der Waals surface area contributed by atoms with E-state index in [1.54, 1.807) is 6.07 Å². The highest BCUT2D eigenvalue weighted by molar-refractivity contribution is 5.95. The number of anilines is 1. The van der Waals surface area contributed by atoms with Gasteiger partial charge in [-0.2, -0.15) is 0 Å². The minimum Gasteiger partial charge on any atom is -0.462 e. The zero-order chi connectivity index (χ0) is 12.8. The van der Waals surface area contributed by atoms with Crippen LogP contribution in [0.1, 0.15) is 22.3 Å². The van der Waals surface area contributed by atoms with Gasteiger partial charge in [0, 0.05) is 12.2 Å². The Bertz CT molecular complexity index is 389. The number of rotatable bonds is 5. The molecule has 1 aromatic rings. The summed E-state index contributed by atoms with van der Waals surface area (Å²) in [5.41, 5.74) is 7.68. The molecule has 0 spiro atoms. The van der Waals surface area contributed by atoms with Gasteiger partial charge in [0.2, 0.25) is 0 Å². The van der Waals surface area contributed by atoms with Crippen molar-refractivity contribution in [3.63, 3.8) is 0 Å². The zero-order valence-corrected chi connectivity index (χ0v) is 10.7. The molecule has 0 aliphatic carbocycles. The van der Waals surface area contributed by atoms with Crippen LogP contribution in [0.4, 0.5) is 5.69 Å². The van der Waals surface area contributed by atoms with E-state index in [9.17, 15) is 4.79 Å². The fourth-order valence-corrected chi connectivity index (χ4v) is 1.48. The molecule has 0 fully saturated rings. The number of nitrogens with two attached hydrogens (primary N) is 1. The molecule has 0 aromatic heterocycles. The predicted molar refractivity (Wildman–Crippen MR) is 69.0 cm³/mol. The van der Waals surface area contributed by atoms with Gasteiger partial charge in [-0.15, -0.1) is 0 Å². The van der Waals surface area contributed by atoms with Crippen molar-refractivity contribution >= 4 is 11.7 Å². The van der Waals surface area contributed by atoms with Crippen LogP contribution in [0.25, 0.3) is 0 Å². The van der Waals surface area contributed by atoms with Crippen molar-refractivity contribution in [2.45, 2.75) is 13.3 Å². The zero-order valence-electron chi connectivity index (χ0n) is 10.7. The highest BCUT2D eigenvalue weighted by Gasteiger charge is 2.11. The fourth-order valence-electron chi connectivity index (χ4n) is 1.48. The summed E-state index contributed by atoms with van der Waals surface area (Å²) in [6, 6.07) is 5.37. The number of nitrogen functional groups attached to an aromatic ring is 1. The monoisotopic (exact) mass is 236 g/mol. The summed E-state index contributed by atoms with van der Waals surface area (Å²) in [5.74, 6) is -0.343. The normalized spacial score (nSPS) is 10.6. The van der Waals surface area contributed by atoms with Crippen LogP contribution >= 0.6 is 0 Å². The standard InChI is InChI=1S/C13H20N2O2/c1-10-6-4-7-11(12(10)14)13(16)17-9-5-8-15(2)3/h4,6-7H,5,8-9,14H2,1-3H3. The smallest absolute Gasteiger partial charge is 0.340 e. The molecule has 4 heteroatoms. The largest absolute Gasteiger partial charge is 0.462 e. The maximum absolute atomic E-state index is 11.7. The van der Waals surface area contributed by atoms with Gasteiger partial charge in [0.1, 0.15) is 0 Å². The molecule has 0 atom stereocenters. The molecule has 0 unspecified atom stereocenters. The Labute approximate surface area is 102 Å². The molecule has 1 rings (SSSR count). The fraction of sp³-hybridized carbons (Fsp3) is 0.462. The van der Waals surface area contributed by atoms with Crippen molar-refractivity contribution in [3.05, 3.63) is 29.3 Å². The molecule has 0 amide bonds. The lowest BCUT2D eigenvalue weighted by atomic mass is 10.1. The molecular weight excluding hydrogens is 216 g/mol. The van der Waals surface area contributed by atoms with Gasteiger partial charge in [-0.3, -0.25) is 0 Å². The topological polar surface area (TPSA) is 55.6 Å². The maximum atomic E-state index is 11.7. The van der Waals surface area contributed by atoms with Gasteiger partial charge >= 0.3 is 5.97 Å². The number of esters is 1. The molecule has 1 aromatic carbocycles. The average molecular weight is 236 g/mol. The van der Waals surface area contributed by atoms with Crippen molar-refractivity contribution in [2.75, 3.05) is 33.0 Å². The molecule has 0 aliphatic heterocycles. The second-order valence-electron chi connectivity index (χ2n) is 4.33. The van der Waals surface area contributed by atoms with E-state index in [-0.39, 0.29) is 5.97 Å². The van der Waals surface area contributed by atoms with Crippen LogP contribution in [0, 0.1) is 6.92 Å². The summed E-state index contributed by atoms with van der Waals surface area (Å²) in [4.78, 5) is 13.8. The van der Waals surface area contributed by atoms with Gasteiger partial charge in [0.25, 0.3) is 0 Å². The number of hydrogen-bond donors (Lipinski definition) is 1. The van der Waals surface area contributed by atoms with Gasteiger partial charge in [-0.1, -0.05) is 12.1 Å². The van der Waals surface area contributed by atoms with Gasteiger partial charge in [0.05, 0.1) is 12.2 Å². The Morgan fingerprint density at radius 1 is 1.41 bits per heavy atom. The third-order valence-corrected chi connectivity index (χ3v) is 2.53. The molecule has 0 heterocycles. The highest BCUT2D eigenvalue weighted by Crippen LogP contribution is 2.17. The second-order valence-corrected chi connectivity index (χ2v) is 4.33. The molecule has 0 bridgehead atoms. The summed E-state index contributed by atoms with van der Waals surface area (Å²) in [5, 5.41) is 0. The van der Waals surface area contributed by atoms with Crippen molar-refractivity contribution in [1.82, 2.24) is 4.90 Å². The van der Waals surface area contributed by atoms with E-state index in [1.807, 2.05) is 33.2 Å². The van der Waals surface area contributed by atoms with E-state index >= 15 is 0 Å². The Kier molecular flexibility index (Phi) is 4.97. The summed E-state index contributed by atoms with van der Waals surface area (Å²) < 4.78 is 5.17. The predicted octanol–water partition coefficient (Wildman–Crippen LogP) is 1.69. The third kappa shape index (κ3) is 4.07. The van der Waals surface area contributed by atoms with Crippen LogP contribution in [-0.4, -0.2) is 38.1 Å². The number of carbonyl (C=O) groups excluding carboxylic acids is 1. The number of carbonyl (C=O) groups is 1. The van der Waals surface area contributed by atoms with E-state index in [0.29, 0.717) is 17.9 Å². The van der Waals surface area contributed by atoms with Crippen LogP contribution in [0.3, 0.4) is 0 Å². The first kappa shape index (κ1) is 13.5. The molecule has 0 radical (unpaired) electrons. The molecule has 17 heavy (non-hydrogen) atoms. The average Bonchev–Trinajstić information content (AvgIpc) is 2.27. The molecule has 4 nitrogen and oxygen atoms in total. The van der Waals surface area contributed by atoms with Crippen molar-refractivity contribution in [3.8, 4) is 0 Å². The molecule has 0 aliphatic rings. The van der Waals surface area contributed by atoms with Crippen LogP contribution in [0.15, 0.2) is 18.2 Å². The van der Waals surface area contributed by atoms with Crippen LogP contribution in [0.2, 0.25) is 0 Å². The lowest BCUT2D eigenvalue weighted by Gasteiger charge is -2.11. The van der Waals surface area contributed by atoms with Crippen LogP contribution in [0.5, 0.6) is 0 Å². The molecule has 94 valence electrons. The van der Waals surface area contributed by atoms with E-state index in [2.05, 4.69) is 4.90 Å². The SMILES string of the molecule is Cc1cccc(C(=O)OCCCN(C)C)c1N. The van der Waals surface area contributed by atoms with Crippen molar-refractivity contribution in [2.24, 2.45) is 0 Å². The summed E-state index contributed by atoms with van der Waals surface area (Å²) in [7, 11) is 3.97. The number of hydrogen-bond acceptors (Lipinski definition) is 4. The van der Waals surface area contributed by atoms with Gasteiger partial charge in [0.15, 0.2) is 0 Å². The summed E-state index contributed by atoms with van der Waals surface area (Å²) in [6.07, 6.45) is 0.824. The van der Waals surface area contributed by atoms with Gasteiger partial charge in [-0.25, -0.2) is 4.79 Å². The Morgan fingerprint density at radius 2 is 2.12 bits per heavy atom. The van der Waals surface area contributed by atoms with Crippen molar-refractivity contribution < 1.29 is 9.53 Å². The molecule has 2 N–H and O–H groups in total. The Hall–Kier alpha value is -1.55. The first-order valence-corrected chi connectivity index (χ1v) is 5.69. The minimum absolute atomic E-state index is 0.343. The van der Waals surface area contributed by atoms with Gasteiger partial charge in [-0.05, 0) is 39.1 Å². The second kappa shape index (κ2) is 6.25. The molecular formula is C13H20N2O2. The minimum atomic E-state index is -0.343. The Morgan fingerprint density at radius 3 is 2.76 bits per heavy atom. The maximum Gasteiger partial charge on any atom is 0.340 e. The highest BCUT2D eigenvalue weighted by atomic mass is 16.5. The lowest BCUT2D eigenvalue weighted by molar-refractivity contribution is 0.0494.